The van der Waals surface area contributed by atoms with Crippen LogP contribution in [0.15, 0.2) is 12.1 Å². The van der Waals surface area contributed by atoms with Gasteiger partial charge in [-0.25, -0.2) is 15.0 Å². The van der Waals surface area contributed by atoms with Gasteiger partial charge in [-0.3, -0.25) is 0 Å². The van der Waals surface area contributed by atoms with Gasteiger partial charge in [0.25, 0.3) is 0 Å². The van der Waals surface area contributed by atoms with E-state index < -0.39 is 12.1 Å². The number of ether oxygens (including phenoxy) is 3. The Morgan fingerprint density at radius 1 is 1.18 bits per heavy atom. The van der Waals surface area contributed by atoms with Crippen LogP contribution in [0.3, 0.4) is 0 Å². The molecule has 22 heavy (non-hydrogen) atoms. The van der Waals surface area contributed by atoms with E-state index in [4.69, 9.17) is 37.4 Å². The van der Waals surface area contributed by atoms with Crippen molar-refractivity contribution in [3.05, 3.63) is 22.2 Å². The molecule has 0 fully saturated rings. The largest absolute Gasteiger partial charge is 0.450 e. The molecule has 1 amide bonds. The van der Waals surface area contributed by atoms with Crippen LogP contribution in [0.1, 0.15) is 20.8 Å². The number of nitrogens with zero attached hydrogens (tertiary/aromatic N) is 1. The highest BCUT2D eigenvalue weighted by Gasteiger charge is 2.49. The minimum absolute atomic E-state index is 0.241. The number of amides is 1. The van der Waals surface area contributed by atoms with Crippen LogP contribution in [0.4, 0.5) is 4.79 Å². The Morgan fingerprint density at radius 2 is 1.68 bits per heavy atom. The summed E-state index contributed by atoms with van der Waals surface area (Å²) in [6.45, 7) is 6.97. The molecule has 1 heterocycles. The van der Waals surface area contributed by atoms with Gasteiger partial charge in [0, 0.05) is 25.2 Å². The first-order valence-electron chi connectivity index (χ1n) is 7.02. The zero-order valence-corrected chi connectivity index (χ0v) is 14.1. The van der Waals surface area contributed by atoms with Gasteiger partial charge >= 0.3 is 12.1 Å². The molecule has 6 nitrogen and oxygen atoms in total. The van der Waals surface area contributed by atoms with E-state index in [1.165, 1.54) is 0 Å². The number of nitrogens with one attached hydrogen (secondary N) is 1. The topological polar surface area (TPSA) is 60.0 Å². The predicted molar refractivity (Wildman–Crippen MR) is 83.5 cm³/mol. The molecular weight excluding hydrogens is 331 g/mol. The van der Waals surface area contributed by atoms with Gasteiger partial charge in [0.2, 0.25) is 0 Å². The molecule has 1 aliphatic heterocycles. The summed E-state index contributed by atoms with van der Waals surface area (Å²) in [7, 11) is 0. The molecule has 8 heteroatoms. The Kier molecular flexibility index (Phi) is 5.26. The minimum Gasteiger partial charge on any atom is -0.450 e. The molecule has 122 valence electrons. The SMILES string of the molecule is CCOC(=O)NC1(N(CC)CC)Oc2cc(Cl)c(Cl)cc2O1. The highest BCUT2D eigenvalue weighted by atomic mass is 35.5. The number of fused-ring (bicyclic) bond motifs is 1. The Labute approximate surface area is 139 Å². The van der Waals surface area contributed by atoms with Crippen LogP contribution in [-0.4, -0.2) is 36.7 Å². The van der Waals surface area contributed by atoms with Crippen molar-refractivity contribution < 1.29 is 19.0 Å². The van der Waals surface area contributed by atoms with Crippen LogP contribution < -0.4 is 14.8 Å². The van der Waals surface area contributed by atoms with Gasteiger partial charge in [0.15, 0.2) is 11.5 Å². The van der Waals surface area contributed by atoms with Crippen molar-refractivity contribution in [2.45, 2.75) is 26.8 Å². The summed E-state index contributed by atoms with van der Waals surface area (Å²) in [6.07, 6.45) is -0.639. The summed E-state index contributed by atoms with van der Waals surface area (Å²) in [5.41, 5.74) is 0. The summed E-state index contributed by atoms with van der Waals surface area (Å²) < 4.78 is 16.6. The number of alkyl carbamates (subject to hydrolysis) is 1. The number of hydrogen-bond donors (Lipinski definition) is 1. The third kappa shape index (κ3) is 3.19. The molecule has 0 unspecified atom stereocenters. The molecule has 0 aliphatic carbocycles. The monoisotopic (exact) mass is 348 g/mol. The number of carbonyl (C=O) groups excluding carboxylic acids is 1. The van der Waals surface area contributed by atoms with E-state index in [2.05, 4.69) is 5.32 Å². The molecule has 0 radical (unpaired) electrons. The van der Waals surface area contributed by atoms with Crippen LogP contribution in [0.25, 0.3) is 0 Å². The molecule has 0 bridgehead atoms. The van der Waals surface area contributed by atoms with E-state index in [0.717, 1.165) is 0 Å². The summed E-state index contributed by atoms with van der Waals surface area (Å²) >= 11 is 12.0. The average molecular weight is 349 g/mol. The second-order valence-electron chi connectivity index (χ2n) is 4.52. The van der Waals surface area contributed by atoms with E-state index in [9.17, 15) is 4.79 Å². The molecule has 1 aliphatic rings. The quantitative estimate of drug-likeness (QED) is 0.825. The minimum atomic E-state index is -1.48. The Bertz CT molecular complexity index is 533. The van der Waals surface area contributed by atoms with Gasteiger partial charge in [-0.1, -0.05) is 37.0 Å². The highest BCUT2D eigenvalue weighted by Crippen LogP contribution is 2.44. The Morgan fingerprint density at radius 3 is 2.09 bits per heavy atom. The van der Waals surface area contributed by atoms with E-state index in [-0.39, 0.29) is 6.61 Å². The van der Waals surface area contributed by atoms with Gasteiger partial charge in [-0.05, 0) is 6.92 Å². The maximum atomic E-state index is 11.9. The van der Waals surface area contributed by atoms with Crippen molar-refractivity contribution in [3.63, 3.8) is 0 Å². The van der Waals surface area contributed by atoms with Crippen LogP contribution in [-0.2, 0) is 4.74 Å². The van der Waals surface area contributed by atoms with Gasteiger partial charge in [-0.2, -0.15) is 0 Å². The first-order chi connectivity index (χ1) is 10.5. The standard InChI is InChI=1S/C14H18Cl2N2O4/c1-4-18(5-2)14(17-13(19)20-6-3)21-11-7-9(15)10(16)8-12(11)22-14/h7-8H,4-6H2,1-3H3,(H,17,19). The fourth-order valence-electron chi connectivity index (χ4n) is 2.18. The summed E-state index contributed by atoms with van der Waals surface area (Å²) in [4.78, 5) is 13.7. The maximum absolute atomic E-state index is 11.9. The second kappa shape index (κ2) is 6.81. The van der Waals surface area contributed by atoms with Crippen molar-refractivity contribution in [2.75, 3.05) is 19.7 Å². The number of hydrogen-bond acceptors (Lipinski definition) is 5. The lowest BCUT2D eigenvalue weighted by molar-refractivity contribution is -0.214. The van der Waals surface area contributed by atoms with Gasteiger partial charge in [0.05, 0.1) is 16.7 Å². The summed E-state index contributed by atoms with van der Waals surface area (Å²) in [5.74, 6) is 0.802. The number of halogens is 2. The summed E-state index contributed by atoms with van der Waals surface area (Å²) in [6, 6.07) is 1.63. The molecule has 1 N–H and O–H groups in total. The number of carbonyl (C=O) groups is 1. The molecular formula is C14H18Cl2N2O4. The average Bonchev–Trinajstić information content (AvgIpc) is 2.78. The molecule has 1 aromatic rings. The van der Waals surface area contributed by atoms with Crippen LogP contribution >= 0.6 is 23.2 Å². The van der Waals surface area contributed by atoms with Gasteiger partial charge in [0.1, 0.15) is 0 Å². The zero-order chi connectivity index (χ0) is 16.3. The zero-order valence-electron chi connectivity index (χ0n) is 12.6. The van der Waals surface area contributed by atoms with Crippen molar-refractivity contribution in [1.82, 2.24) is 10.2 Å². The number of benzene rings is 1. The maximum Gasteiger partial charge on any atom is 0.414 e. The van der Waals surface area contributed by atoms with Crippen LogP contribution in [0.5, 0.6) is 11.5 Å². The fourth-order valence-corrected chi connectivity index (χ4v) is 2.49. The number of rotatable bonds is 5. The van der Waals surface area contributed by atoms with Gasteiger partial charge < -0.3 is 14.2 Å². The molecule has 0 saturated heterocycles. The van der Waals surface area contributed by atoms with Crippen molar-refractivity contribution in [1.29, 1.82) is 0 Å². The molecule has 0 saturated carbocycles. The van der Waals surface area contributed by atoms with Crippen molar-refractivity contribution >= 4 is 29.3 Å². The third-order valence-electron chi connectivity index (χ3n) is 3.20. The highest BCUT2D eigenvalue weighted by molar-refractivity contribution is 6.42. The lowest BCUT2D eigenvalue weighted by atomic mass is 10.3. The second-order valence-corrected chi connectivity index (χ2v) is 5.33. The normalized spacial score (nSPS) is 15.0. The molecule has 0 atom stereocenters. The van der Waals surface area contributed by atoms with Crippen molar-refractivity contribution in [2.24, 2.45) is 0 Å². The smallest absolute Gasteiger partial charge is 0.414 e. The molecule has 0 spiro atoms. The van der Waals surface area contributed by atoms with E-state index in [1.807, 2.05) is 13.8 Å². The van der Waals surface area contributed by atoms with E-state index in [0.29, 0.717) is 34.6 Å². The van der Waals surface area contributed by atoms with Crippen LogP contribution in [0, 0.1) is 0 Å². The van der Waals surface area contributed by atoms with E-state index >= 15 is 0 Å². The lowest BCUT2D eigenvalue weighted by Crippen LogP contribution is -2.66. The Hall–Kier alpha value is -1.37. The van der Waals surface area contributed by atoms with E-state index in [1.54, 1.807) is 24.0 Å². The molecule has 1 aromatic carbocycles. The van der Waals surface area contributed by atoms with Gasteiger partial charge in [-0.15, -0.1) is 0 Å². The third-order valence-corrected chi connectivity index (χ3v) is 3.92. The fraction of sp³-hybridized carbons (Fsp3) is 0.500. The van der Waals surface area contributed by atoms with Crippen molar-refractivity contribution in [3.8, 4) is 11.5 Å². The first kappa shape index (κ1) is 17.0. The molecule has 0 aromatic heterocycles. The predicted octanol–water partition coefficient (Wildman–Crippen LogP) is 3.46. The molecule has 2 rings (SSSR count). The Balaban J connectivity index is 2.34. The van der Waals surface area contributed by atoms with Crippen LogP contribution in [0.2, 0.25) is 10.0 Å². The lowest BCUT2D eigenvalue weighted by Gasteiger charge is -2.36. The first-order valence-corrected chi connectivity index (χ1v) is 7.78. The summed E-state index contributed by atoms with van der Waals surface area (Å²) in [5, 5.41) is 3.30.